The first-order chi connectivity index (χ1) is 12.0. The minimum atomic E-state index is 0.208. The molecule has 1 aliphatic rings. The van der Waals surface area contributed by atoms with Gasteiger partial charge in [-0.25, -0.2) is 15.0 Å². The Hall–Kier alpha value is -2.14. The molecule has 1 unspecified atom stereocenters. The highest BCUT2D eigenvalue weighted by Gasteiger charge is 2.32. The number of aryl methyl sites for hydroxylation is 1. The molecule has 5 nitrogen and oxygen atoms in total. The number of rotatable bonds is 3. The van der Waals surface area contributed by atoms with E-state index in [9.17, 15) is 0 Å². The van der Waals surface area contributed by atoms with Gasteiger partial charge in [-0.05, 0) is 45.7 Å². The second kappa shape index (κ2) is 6.30. The maximum Gasteiger partial charge on any atom is 0.134 e. The Morgan fingerprint density at radius 1 is 1.16 bits per heavy atom. The van der Waals surface area contributed by atoms with Crippen LogP contribution in [0.3, 0.4) is 0 Å². The molecule has 1 aliphatic heterocycles. The number of aromatic nitrogens is 4. The molecule has 0 saturated carbocycles. The SMILES string of the molecule is Cc1nc(Cl)cc(N2CCCC2c2nc3ccccc3n2C(C)C)n1. The molecule has 0 amide bonds. The van der Waals surface area contributed by atoms with Crippen LogP contribution in [0.2, 0.25) is 5.15 Å². The van der Waals surface area contributed by atoms with Crippen molar-refractivity contribution in [2.45, 2.75) is 45.7 Å². The van der Waals surface area contributed by atoms with Gasteiger partial charge in [0.1, 0.15) is 22.6 Å². The topological polar surface area (TPSA) is 46.8 Å². The lowest BCUT2D eigenvalue weighted by molar-refractivity contribution is 0.539. The number of imidazole rings is 1. The Labute approximate surface area is 152 Å². The van der Waals surface area contributed by atoms with E-state index >= 15 is 0 Å². The molecule has 0 spiro atoms. The predicted molar refractivity (Wildman–Crippen MR) is 101 cm³/mol. The van der Waals surface area contributed by atoms with E-state index in [0.717, 1.165) is 36.5 Å². The number of halogens is 1. The number of anilines is 1. The van der Waals surface area contributed by atoms with Crippen molar-refractivity contribution in [2.75, 3.05) is 11.4 Å². The minimum absolute atomic E-state index is 0.208. The fourth-order valence-electron chi connectivity index (χ4n) is 3.81. The Morgan fingerprint density at radius 3 is 2.72 bits per heavy atom. The summed E-state index contributed by atoms with van der Waals surface area (Å²) in [5.41, 5.74) is 2.24. The summed E-state index contributed by atoms with van der Waals surface area (Å²) in [6, 6.07) is 10.8. The van der Waals surface area contributed by atoms with Gasteiger partial charge < -0.3 is 9.47 Å². The van der Waals surface area contributed by atoms with Crippen LogP contribution in [0.15, 0.2) is 30.3 Å². The highest BCUT2D eigenvalue weighted by molar-refractivity contribution is 6.29. The molecule has 0 radical (unpaired) electrons. The smallest absolute Gasteiger partial charge is 0.134 e. The Bertz CT molecular complexity index is 897. The van der Waals surface area contributed by atoms with E-state index in [1.807, 2.05) is 19.1 Å². The van der Waals surface area contributed by atoms with Crippen LogP contribution in [0.1, 0.15) is 50.4 Å². The first-order valence-corrected chi connectivity index (χ1v) is 9.17. The largest absolute Gasteiger partial charge is 0.346 e. The molecule has 3 heterocycles. The third kappa shape index (κ3) is 2.86. The summed E-state index contributed by atoms with van der Waals surface area (Å²) < 4.78 is 2.36. The van der Waals surface area contributed by atoms with Crippen LogP contribution < -0.4 is 4.90 Å². The lowest BCUT2D eigenvalue weighted by atomic mass is 10.2. The summed E-state index contributed by atoms with van der Waals surface area (Å²) >= 11 is 6.17. The molecule has 6 heteroatoms. The quantitative estimate of drug-likeness (QED) is 0.638. The predicted octanol–water partition coefficient (Wildman–Crippen LogP) is 4.71. The van der Waals surface area contributed by atoms with Crippen molar-refractivity contribution in [1.29, 1.82) is 0 Å². The standard InChI is InChI=1S/C19H22ClN5/c1-12(2)25-15-8-5-4-7-14(15)23-19(25)16-9-6-10-24(16)18-11-17(20)21-13(3)22-18/h4-5,7-8,11-12,16H,6,9-10H2,1-3H3. The van der Waals surface area contributed by atoms with Crippen LogP contribution >= 0.6 is 11.6 Å². The zero-order valence-electron chi connectivity index (χ0n) is 14.8. The highest BCUT2D eigenvalue weighted by Crippen LogP contribution is 2.37. The third-order valence-corrected chi connectivity index (χ3v) is 4.97. The van der Waals surface area contributed by atoms with Crippen LogP contribution in [0.4, 0.5) is 5.82 Å². The van der Waals surface area contributed by atoms with E-state index in [1.54, 1.807) is 0 Å². The summed E-state index contributed by atoms with van der Waals surface area (Å²) in [5, 5.41) is 0.491. The maximum atomic E-state index is 6.17. The zero-order chi connectivity index (χ0) is 17.6. The Morgan fingerprint density at radius 2 is 1.96 bits per heavy atom. The van der Waals surface area contributed by atoms with E-state index < -0.39 is 0 Å². The van der Waals surface area contributed by atoms with Crippen molar-refractivity contribution < 1.29 is 0 Å². The van der Waals surface area contributed by atoms with E-state index in [1.165, 1.54) is 5.52 Å². The molecule has 1 aromatic carbocycles. The van der Waals surface area contributed by atoms with Crippen molar-refractivity contribution in [1.82, 2.24) is 19.5 Å². The van der Waals surface area contributed by atoms with E-state index in [4.69, 9.17) is 16.6 Å². The highest BCUT2D eigenvalue weighted by atomic mass is 35.5. The monoisotopic (exact) mass is 355 g/mol. The van der Waals surface area contributed by atoms with Gasteiger partial charge in [0.15, 0.2) is 0 Å². The van der Waals surface area contributed by atoms with Crippen LogP contribution in [-0.2, 0) is 0 Å². The average Bonchev–Trinajstić information content (AvgIpc) is 3.18. The minimum Gasteiger partial charge on any atom is -0.346 e. The molecular formula is C19H22ClN5. The van der Waals surface area contributed by atoms with E-state index in [2.05, 4.69) is 51.5 Å². The third-order valence-electron chi connectivity index (χ3n) is 4.78. The second-order valence-corrected chi connectivity index (χ2v) is 7.26. The van der Waals surface area contributed by atoms with Gasteiger partial charge in [-0.2, -0.15) is 0 Å². The average molecular weight is 356 g/mol. The lowest BCUT2D eigenvalue weighted by Gasteiger charge is -2.27. The zero-order valence-corrected chi connectivity index (χ0v) is 15.5. The van der Waals surface area contributed by atoms with Gasteiger partial charge >= 0.3 is 0 Å². The second-order valence-electron chi connectivity index (χ2n) is 6.87. The molecule has 3 aromatic rings. The molecular weight excluding hydrogens is 334 g/mol. The summed E-state index contributed by atoms with van der Waals surface area (Å²) in [4.78, 5) is 16.1. The molecule has 2 aromatic heterocycles. The number of para-hydroxylation sites is 2. The molecule has 1 saturated heterocycles. The van der Waals surface area contributed by atoms with Crippen molar-refractivity contribution >= 4 is 28.5 Å². The molecule has 1 atom stereocenters. The first-order valence-electron chi connectivity index (χ1n) is 8.79. The fourth-order valence-corrected chi connectivity index (χ4v) is 4.03. The number of hydrogen-bond acceptors (Lipinski definition) is 4. The molecule has 0 aliphatic carbocycles. The first kappa shape index (κ1) is 16.3. The number of nitrogens with zero attached hydrogens (tertiary/aromatic N) is 5. The maximum absolute atomic E-state index is 6.17. The van der Waals surface area contributed by atoms with Crippen LogP contribution in [0, 0.1) is 6.92 Å². The van der Waals surface area contributed by atoms with E-state index in [0.29, 0.717) is 17.0 Å². The van der Waals surface area contributed by atoms with Crippen LogP contribution in [-0.4, -0.2) is 26.1 Å². The van der Waals surface area contributed by atoms with Gasteiger partial charge in [-0.1, -0.05) is 23.7 Å². The molecule has 0 bridgehead atoms. The van der Waals surface area contributed by atoms with Crippen molar-refractivity contribution in [3.05, 3.63) is 47.1 Å². The van der Waals surface area contributed by atoms with Gasteiger partial charge in [0.25, 0.3) is 0 Å². The van der Waals surface area contributed by atoms with Crippen molar-refractivity contribution in [2.24, 2.45) is 0 Å². The van der Waals surface area contributed by atoms with Gasteiger partial charge in [0, 0.05) is 18.7 Å². The summed E-state index contributed by atoms with van der Waals surface area (Å²) in [6.07, 6.45) is 2.18. The Kier molecular flexibility index (Phi) is 4.12. The molecule has 1 fully saturated rings. The molecule has 130 valence electrons. The molecule has 25 heavy (non-hydrogen) atoms. The van der Waals surface area contributed by atoms with Gasteiger partial charge in [0.05, 0.1) is 17.1 Å². The van der Waals surface area contributed by atoms with Gasteiger partial charge in [0.2, 0.25) is 0 Å². The molecule has 4 rings (SSSR count). The molecule has 0 N–H and O–H groups in total. The normalized spacial score (nSPS) is 17.8. The number of hydrogen-bond donors (Lipinski definition) is 0. The van der Waals surface area contributed by atoms with Crippen molar-refractivity contribution in [3.8, 4) is 0 Å². The summed E-state index contributed by atoms with van der Waals surface area (Å²) in [6.45, 7) is 7.26. The summed E-state index contributed by atoms with van der Waals surface area (Å²) in [5.74, 6) is 2.70. The lowest BCUT2D eigenvalue weighted by Crippen LogP contribution is -2.27. The number of benzene rings is 1. The van der Waals surface area contributed by atoms with Crippen LogP contribution in [0.5, 0.6) is 0 Å². The van der Waals surface area contributed by atoms with Crippen molar-refractivity contribution in [3.63, 3.8) is 0 Å². The number of fused-ring (bicyclic) bond motifs is 1. The Balaban J connectivity index is 1.83. The van der Waals surface area contributed by atoms with Gasteiger partial charge in [-0.3, -0.25) is 0 Å². The van der Waals surface area contributed by atoms with Crippen LogP contribution in [0.25, 0.3) is 11.0 Å². The summed E-state index contributed by atoms with van der Waals surface area (Å²) in [7, 11) is 0. The fraction of sp³-hybridized carbons (Fsp3) is 0.421. The van der Waals surface area contributed by atoms with Gasteiger partial charge in [-0.15, -0.1) is 0 Å². The van der Waals surface area contributed by atoms with E-state index in [-0.39, 0.29) is 6.04 Å².